The fourth-order valence-electron chi connectivity index (χ4n) is 5.82. The number of amides is 3. The molecule has 1 aliphatic heterocycles. The molecule has 2 aromatic carbocycles. The van der Waals surface area contributed by atoms with Gasteiger partial charge >= 0.3 is 0 Å². The summed E-state index contributed by atoms with van der Waals surface area (Å²) in [6.07, 6.45) is 1.38. The van der Waals surface area contributed by atoms with Crippen LogP contribution in [0.25, 0.3) is 11.1 Å². The number of piperidine rings is 1. The van der Waals surface area contributed by atoms with Crippen molar-refractivity contribution in [2.24, 2.45) is 11.7 Å². The first-order valence-corrected chi connectivity index (χ1v) is 13.9. The van der Waals surface area contributed by atoms with Gasteiger partial charge in [-0.05, 0) is 55.0 Å². The first-order chi connectivity index (χ1) is 19.1. The van der Waals surface area contributed by atoms with Gasteiger partial charge in [-0.1, -0.05) is 30.3 Å². The minimum Gasteiger partial charge on any atom is -0.384 e. The van der Waals surface area contributed by atoms with Gasteiger partial charge in [0.25, 0.3) is 11.8 Å². The second kappa shape index (κ2) is 9.51. The number of thiophene rings is 1. The highest BCUT2D eigenvalue weighted by atomic mass is 32.1. The lowest BCUT2D eigenvalue weighted by atomic mass is 10.0. The molecule has 2 fully saturated rings. The molecular weight excluding hydrogens is 536 g/mol. The number of nitrogen functional groups attached to an aromatic ring is 1. The molecule has 3 amide bonds. The quantitative estimate of drug-likeness (QED) is 0.258. The molecule has 206 valence electrons. The van der Waals surface area contributed by atoms with E-state index < -0.39 is 17.9 Å². The van der Waals surface area contributed by atoms with Crippen LogP contribution in [0.15, 0.2) is 53.9 Å². The Balaban J connectivity index is 1.11. The topological polar surface area (TPSA) is 128 Å². The van der Waals surface area contributed by atoms with E-state index >= 15 is 0 Å². The number of hydrogen-bond donors (Lipinski definition) is 4. The third-order valence-electron chi connectivity index (χ3n) is 7.99. The molecular formula is C29H27F2N5O3S. The number of likely N-dealkylation sites (tertiary alicyclic amines) is 1. The summed E-state index contributed by atoms with van der Waals surface area (Å²) < 4.78 is 29.7. The molecule has 4 atom stereocenters. The normalized spacial score (nSPS) is 22.1. The van der Waals surface area contributed by atoms with Crippen molar-refractivity contribution in [3.8, 4) is 11.1 Å². The number of fused-ring (bicyclic) bond motifs is 4. The van der Waals surface area contributed by atoms with Crippen molar-refractivity contribution in [3.63, 3.8) is 0 Å². The Hall–Kier alpha value is -4.12. The number of nitrogens with two attached hydrogens (primary N) is 1. The zero-order valence-electron chi connectivity index (χ0n) is 21.5. The Bertz CT molecular complexity index is 1570. The monoisotopic (exact) mass is 563 g/mol. The molecule has 40 heavy (non-hydrogen) atoms. The molecule has 2 heterocycles. The van der Waals surface area contributed by atoms with E-state index in [0.29, 0.717) is 23.1 Å². The van der Waals surface area contributed by atoms with Crippen LogP contribution in [0.3, 0.4) is 0 Å². The molecule has 11 heteroatoms. The average molecular weight is 564 g/mol. The van der Waals surface area contributed by atoms with Crippen LogP contribution in [0.2, 0.25) is 0 Å². The van der Waals surface area contributed by atoms with E-state index in [1.54, 1.807) is 34.5 Å². The summed E-state index contributed by atoms with van der Waals surface area (Å²) >= 11 is 1.39. The molecule has 1 saturated carbocycles. The molecule has 5 N–H and O–H groups in total. The van der Waals surface area contributed by atoms with Crippen LogP contribution in [-0.2, 0) is 15.5 Å². The van der Waals surface area contributed by atoms with E-state index in [0.717, 1.165) is 11.3 Å². The molecule has 3 aliphatic rings. The van der Waals surface area contributed by atoms with Crippen molar-refractivity contribution in [1.29, 1.82) is 5.41 Å². The molecule has 0 bridgehead atoms. The number of rotatable bonds is 7. The maximum Gasteiger partial charge on any atom is 0.299 e. The van der Waals surface area contributed by atoms with Crippen LogP contribution in [0.5, 0.6) is 0 Å². The van der Waals surface area contributed by atoms with Crippen LogP contribution in [0, 0.1) is 11.3 Å². The lowest BCUT2D eigenvalue weighted by Crippen LogP contribution is -2.51. The Morgan fingerprint density at radius 2 is 1.85 bits per heavy atom. The summed E-state index contributed by atoms with van der Waals surface area (Å²) in [5.74, 6) is -4.10. The third-order valence-corrected chi connectivity index (χ3v) is 9.10. The predicted octanol–water partition coefficient (Wildman–Crippen LogP) is 3.75. The van der Waals surface area contributed by atoms with Gasteiger partial charge in [-0.25, -0.2) is 0 Å². The zero-order chi connectivity index (χ0) is 28.3. The SMILES string of the molecule is C[C@@H](NC(=O)[C@@H]1C[C@@H]2C[C@@H]2N1C(=O)CNC(=O)c1ccc2c(c1)-c1ccccc1C2(F)F)c1cc(C(=N)N)cs1. The van der Waals surface area contributed by atoms with E-state index in [9.17, 15) is 23.2 Å². The lowest BCUT2D eigenvalue weighted by Gasteiger charge is -2.28. The van der Waals surface area contributed by atoms with Crippen molar-refractivity contribution < 1.29 is 23.2 Å². The summed E-state index contributed by atoms with van der Waals surface area (Å²) in [6, 6.07) is 11.0. The van der Waals surface area contributed by atoms with E-state index in [4.69, 9.17) is 11.1 Å². The summed E-state index contributed by atoms with van der Waals surface area (Å²) in [4.78, 5) is 41.7. The van der Waals surface area contributed by atoms with Crippen molar-refractivity contribution in [3.05, 3.63) is 81.0 Å². The van der Waals surface area contributed by atoms with Crippen molar-refractivity contribution in [2.75, 3.05) is 6.54 Å². The number of amidine groups is 1. The largest absolute Gasteiger partial charge is 0.384 e. The first kappa shape index (κ1) is 26.1. The Kier molecular flexibility index (Phi) is 6.21. The highest BCUT2D eigenvalue weighted by Crippen LogP contribution is 2.51. The van der Waals surface area contributed by atoms with Crippen LogP contribution in [0.1, 0.15) is 57.7 Å². The number of carbonyl (C=O) groups is 3. The molecule has 0 unspecified atom stereocenters. The van der Waals surface area contributed by atoms with E-state index in [1.807, 2.05) is 6.92 Å². The van der Waals surface area contributed by atoms with E-state index in [2.05, 4.69) is 10.6 Å². The Morgan fingerprint density at radius 3 is 2.60 bits per heavy atom. The van der Waals surface area contributed by atoms with Gasteiger partial charge in [-0.3, -0.25) is 19.8 Å². The number of nitrogens with one attached hydrogen (secondary N) is 3. The third kappa shape index (κ3) is 4.34. The summed E-state index contributed by atoms with van der Waals surface area (Å²) in [5, 5.41) is 14.9. The Labute approximate surface area is 233 Å². The molecule has 2 aliphatic carbocycles. The molecule has 1 aromatic heterocycles. The molecule has 3 aromatic rings. The Morgan fingerprint density at radius 1 is 1.10 bits per heavy atom. The average Bonchev–Trinajstić information content (AvgIpc) is 3.27. The van der Waals surface area contributed by atoms with Crippen molar-refractivity contribution in [1.82, 2.24) is 15.5 Å². The van der Waals surface area contributed by atoms with Gasteiger partial charge < -0.3 is 21.3 Å². The molecule has 8 nitrogen and oxygen atoms in total. The molecule has 0 radical (unpaired) electrons. The van der Waals surface area contributed by atoms with Gasteiger partial charge in [0.2, 0.25) is 11.8 Å². The standard InChI is InChI=1S/C29H27F2N5O3S/c1-14(24-11-17(13-40-24)26(32)33)35-28(39)23-10-16-9-22(16)36(23)25(37)12-34-27(38)15-6-7-21-19(8-15)18-4-2-3-5-20(18)29(21,30)31/h2-8,11,13-14,16,22-23H,9-10,12H2,1H3,(H3,32,33)(H,34,38)(H,35,39)/t14-,16+,22+,23+/m1/s1. The minimum atomic E-state index is -3.14. The van der Waals surface area contributed by atoms with E-state index in [-0.39, 0.29) is 58.9 Å². The maximum atomic E-state index is 14.8. The van der Waals surface area contributed by atoms with E-state index in [1.165, 1.54) is 35.6 Å². The summed E-state index contributed by atoms with van der Waals surface area (Å²) in [5.41, 5.74) is 6.74. The van der Waals surface area contributed by atoms with Crippen LogP contribution < -0.4 is 16.4 Å². The fourth-order valence-corrected chi connectivity index (χ4v) is 6.74. The van der Waals surface area contributed by atoms with Gasteiger partial charge in [-0.15, -0.1) is 11.3 Å². The summed E-state index contributed by atoms with van der Waals surface area (Å²) in [6.45, 7) is 1.53. The van der Waals surface area contributed by atoms with Gasteiger partial charge in [0.05, 0.1) is 12.6 Å². The number of alkyl halides is 2. The molecule has 0 spiro atoms. The lowest BCUT2D eigenvalue weighted by molar-refractivity contribution is -0.139. The summed E-state index contributed by atoms with van der Waals surface area (Å²) in [7, 11) is 0. The second-order valence-corrected chi connectivity index (χ2v) is 11.5. The zero-order valence-corrected chi connectivity index (χ0v) is 22.4. The number of carbonyl (C=O) groups excluding carboxylic acids is 3. The fraction of sp³-hybridized carbons (Fsp3) is 0.310. The minimum absolute atomic E-state index is 0.0276. The predicted molar refractivity (Wildman–Crippen MR) is 146 cm³/mol. The van der Waals surface area contributed by atoms with Crippen LogP contribution in [0.4, 0.5) is 8.78 Å². The van der Waals surface area contributed by atoms with Gasteiger partial charge in [0, 0.05) is 38.6 Å². The van der Waals surface area contributed by atoms with Crippen LogP contribution in [-0.4, -0.2) is 47.1 Å². The molecule has 1 saturated heterocycles. The van der Waals surface area contributed by atoms with Crippen molar-refractivity contribution in [2.45, 2.75) is 43.8 Å². The second-order valence-electron chi connectivity index (χ2n) is 10.6. The number of hydrogen-bond acceptors (Lipinski definition) is 5. The van der Waals surface area contributed by atoms with Gasteiger partial charge in [0.1, 0.15) is 11.9 Å². The smallest absolute Gasteiger partial charge is 0.299 e. The molecule has 6 rings (SSSR count). The highest BCUT2D eigenvalue weighted by Gasteiger charge is 2.56. The van der Waals surface area contributed by atoms with Gasteiger partial charge in [0.15, 0.2) is 0 Å². The van der Waals surface area contributed by atoms with Crippen LogP contribution >= 0.6 is 11.3 Å². The number of halogens is 2. The number of nitrogens with zero attached hydrogens (tertiary/aromatic N) is 1. The number of benzene rings is 2. The first-order valence-electron chi connectivity index (χ1n) is 13.0. The van der Waals surface area contributed by atoms with Gasteiger partial charge in [-0.2, -0.15) is 8.78 Å². The highest BCUT2D eigenvalue weighted by molar-refractivity contribution is 7.10. The maximum absolute atomic E-state index is 14.8. The van der Waals surface area contributed by atoms with Crippen molar-refractivity contribution >= 4 is 34.9 Å².